The third-order valence-electron chi connectivity index (χ3n) is 3.31. The summed E-state index contributed by atoms with van der Waals surface area (Å²) in [6.45, 7) is 5.55. The summed E-state index contributed by atoms with van der Waals surface area (Å²) in [4.78, 5) is 19.9. The molecule has 0 radical (unpaired) electrons. The van der Waals surface area contributed by atoms with Gasteiger partial charge in [0.15, 0.2) is 0 Å². The summed E-state index contributed by atoms with van der Waals surface area (Å²) >= 11 is 0. The highest BCUT2D eigenvalue weighted by molar-refractivity contribution is 5.73. The van der Waals surface area contributed by atoms with E-state index in [0.29, 0.717) is 6.54 Å². The molecule has 1 aromatic heterocycles. The van der Waals surface area contributed by atoms with Gasteiger partial charge >= 0.3 is 0 Å². The Bertz CT molecular complexity index is 404. The fraction of sp³-hybridized carbons (Fsp3) is 0.538. The van der Waals surface area contributed by atoms with Gasteiger partial charge in [-0.3, -0.25) is 4.79 Å². The number of hydrogen-bond donors (Lipinski definition) is 1. The van der Waals surface area contributed by atoms with Crippen LogP contribution in [0.3, 0.4) is 0 Å². The average Bonchev–Trinajstić information content (AvgIpc) is 2.64. The molecule has 0 aliphatic carbocycles. The Hall–Kier alpha value is -1.62. The number of rotatable bonds is 2. The lowest BCUT2D eigenvalue weighted by molar-refractivity contribution is -0.128. The number of amides is 1. The van der Waals surface area contributed by atoms with Crippen molar-refractivity contribution in [1.29, 1.82) is 0 Å². The van der Waals surface area contributed by atoms with Gasteiger partial charge in [0, 0.05) is 45.8 Å². The van der Waals surface area contributed by atoms with E-state index < -0.39 is 0 Å². The van der Waals surface area contributed by atoms with Crippen molar-refractivity contribution in [2.45, 2.75) is 19.9 Å². The lowest BCUT2D eigenvalue weighted by atomic mass is 10.3. The zero-order valence-electron chi connectivity index (χ0n) is 10.8. The Balaban J connectivity index is 2.02. The Kier molecular flexibility index (Phi) is 4.15. The van der Waals surface area contributed by atoms with Crippen LogP contribution in [0.4, 0.5) is 5.82 Å². The van der Waals surface area contributed by atoms with Crippen LogP contribution >= 0.6 is 0 Å². The van der Waals surface area contributed by atoms with E-state index in [1.54, 1.807) is 6.92 Å². The Labute approximate surface area is 108 Å². The SMILES string of the molecule is CC(=O)N1CCCN(c2ccc(CN)cn2)CC1. The highest BCUT2D eigenvalue weighted by Gasteiger charge is 2.17. The van der Waals surface area contributed by atoms with Gasteiger partial charge < -0.3 is 15.5 Å². The molecular weight excluding hydrogens is 228 g/mol. The molecule has 1 saturated heterocycles. The topological polar surface area (TPSA) is 62.5 Å². The minimum Gasteiger partial charge on any atom is -0.355 e. The smallest absolute Gasteiger partial charge is 0.219 e. The molecule has 2 rings (SSSR count). The minimum atomic E-state index is 0.156. The van der Waals surface area contributed by atoms with E-state index in [1.807, 2.05) is 23.2 Å². The molecule has 5 nitrogen and oxygen atoms in total. The minimum absolute atomic E-state index is 0.156. The van der Waals surface area contributed by atoms with Crippen LogP contribution in [0.5, 0.6) is 0 Å². The van der Waals surface area contributed by atoms with Crippen LogP contribution < -0.4 is 10.6 Å². The third kappa shape index (κ3) is 2.98. The molecule has 1 amide bonds. The summed E-state index contributed by atoms with van der Waals surface area (Å²) in [7, 11) is 0. The molecule has 2 heterocycles. The fourth-order valence-electron chi connectivity index (χ4n) is 2.19. The first-order chi connectivity index (χ1) is 8.70. The molecule has 18 heavy (non-hydrogen) atoms. The van der Waals surface area contributed by atoms with E-state index in [2.05, 4.69) is 9.88 Å². The monoisotopic (exact) mass is 248 g/mol. The summed E-state index contributed by atoms with van der Waals surface area (Å²) in [5, 5.41) is 0. The molecule has 1 aliphatic heterocycles. The van der Waals surface area contributed by atoms with Gasteiger partial charge in [0.2, 0.25) is 5.91 Å². The second-order valence-corrected chi connectivity index (χ2v) is 4.58. The van der Waals surface area contributed by atoms with Gasteiger partial charge in [-0.15, -0.1) is 0 Å². The first-order valence-electron chi connectivity index (χ1n) is 6.36. The van der Waals surface area contributed by atoms with Crippen molar-refractivity contribution < 1.29 is 4.79 Å². The molecule has 0 atom stereocenters. The molecule has 0 unspecified atom stereocenters. The zero-order valence-corrected chi connectivity index (χ0v) is 10.8. The first kappa shape index (κ1) is 12.8. The predicted octanol–water partition coefficient (Wildman–Crippen LogP) is 0.599. The number of hydrogen-bond acceptors (Lipinski definition) is 4. The van der Waals surface area contributed by atoms with Crippen molar-refractivity contribution in [1.82, 2.24) is 9.88 Å². The van der Waals surface area contributed by atoms with Gasteiger partial charge in [-0.1, -0.05) is 6.07 Å². The Morgan fingerprint density at radius 3 is 2.78 bits per heavy atom. The molecule has 5 heteroatoms. The van der Waals surface area contributed by atoms with Crippen molar-refractivity contribution in [3.8, 4) is 0 Å². The number of nitrogens with two attached hydrogens (primary N) is 1. The Morgan fingerprint density at radius 2 is 2.17 bits per heavy atom. The van der Waals surface area contributed by atoms with Crippen LogP contribution in [0.25, 0.3) is 0 Å². The van der Waals surface area contributed by atoms with Crippen molar-refractivity contribution in [2.75, 3.05) is 31.1 Å². The maximum atomic E-state index is 11.4. The fourth-order valence-corrected chi connectivity index (χ4v) is 2.19. The molecule has 1 aromatic rings. The number of nitrogens with zero attached hydrogens (tertiary/aromatic N) is 3. The highest BCUT2D eigenvalue weighted by Crippen LogP contribution is 2.14. The molecule has 2 N–H and O–H groups in total. The average molecular weight is 248 g/mol. The summed E-state index contributed by atoms with van der Waals surface area (Å²) < 4.78 is 0. The quantitative estimate of drug-likeness (QED) is 0.832. The zero-order chi connectivity index (χ0) is 13.0. The summed E-state index contributed by atoms with van der Waals surface area (Å²) in [6, 6.07) is 4.02. The van der Waals surface area contributed by atoms with Gasteiger partial charge in [0.1, 0.15) is 5.82 Å². The van der Waals surface area contributed by atoms with Gasteiger partial charge in [0.25, 0.3) is 0 Å². The van der Waals surface area contributed by atoms with Crippen LogP contribution in [0.2, 0.25) is 0 Å². The number of aromatic nitrogens is 1. The van der Waals surface area contributed by atoms with E-state index in [4.69, 9.17) is 5.73 Å². The van der Waals surface area contributed by atoms with Crippen molar-refractivity contribution in [3.05, 3.63) is 23.9 Å². The maximum absolute atomic E-state index is 11.4. The van der Waals surface area contributed by atoms with Gasteiger partial charge in [-0.2, -0.15) is 0 Å². The maximum Gasteiger partial charge on any atom is 0.219 e. The van der Waals surface area contributed by atoms with Crippen LogP contribution in [0.15, 0.2) is 18.3 Å². The standard InChI is InChI=1S/C13H20N4O/c1-11(18)16-5-2-6-17(8-7-16)13-4-3-12(9-14)10-15-13/h3-4,10H,2,5-9,14H2,1H3. The Morgan fingerprint density at radius 1 is 1.33 bits per heavy atom. The second kappa shape index (κ2) is 5.82. The van der Waals surface area contributed by atoms with E-state index in [9.17, 15) is 4.79 Å². The van der Waals surface area contributed by atoms with Crippen LogP contribution in [0.1, 0.15) is 18.9 Å². The molecule has 1 aliphatic rings. The van der Waals surface area contributed by atoms with Crippen LogP contribution in [-0.2, 0) is 11.3 Å². The van der Waals surface area contributed by atoms with Gasteiger partial charge in [-0.05, 0) is 18.1 Å². The third-order valence-corrected chi connectivity index (χ3v) is 3.31. The van der Waals surface area contributed by atoms with Crippen molar-refractivity contribution in [2.24, 2.45) is 5.73 Å². The van der Waals surface area contributed by atoms with E-state index in [-0.39, 0.29) is 5.91 Å². The van der Waals surface area contributed by atoms with Crippen LogP contribution in [0, 0.1) is 0 Å². The molecule has 1 fully saturated rings. The van der Waals surface area contributed by atoms with Crippen LogP contribution in [-0.4, -0.2) is 42.0 Å². The lowest BCUT2D eigenvalue weighted by Crippen LogP contribution is -2.33. The summed E-state index contributed by atoms with van der Waals surface area (Å²) in [5.41, 5.74) is 6.60. The normalized spacial score (nSPS) is 16.6. The molecule has 0 bridgehead atoms. The molecule has 0 aromatic carbocycles. The van der Waals surface area contributed by atoms with Gasteiger partial charge in [0.05, 0.1) is 0 Å². The summed E-state index contributed by atoms with van der Waals surface area (Å²) in [6.07, 6.45) is 2.81. The lowest BCUT2D eigenvalue weighted by Gasteiger charge is -2.22. The number of anilines is 1. The van der Waals surface area contributed by atoms with Gasteiger partial charge in [-0.25, -0.2) is 4.98 Å². The predicted molar refractivity (Wildman–Crippen MR) is 71.2 cm³/mol. The van der Waals surface area contributed by atoms with E-state index >= 15 is 0 Å². The molecular formula is C13H20N4O. The molecule has 0 spiro atoms. The first-order valence-corrected chi connectivity index (χ1v) is 6.36. The number of pyridine rings is 1. The van der Waals surface area contributed by atoms with E-state index in [0.717, 1.165) is 44.0 Å². The number of carbonyl (C=O) groups excluding carboxylic acids is 1. The molecule has 0 saturated carbocycles. The van der Waals surface area contributed by atoms with Crippen molar-refractivity contribution >= 4 is 11.7 Å². The second-order valence-electron chi connectivity index (χ2n) is 4.58. The van der Waals surface area contributed by atoms with Crippen molar-refractivity contribution in [3.63, 3.8) is 0 Å². The largest absolute Gasteiger partial charge is 0.355 e. The summed E-state index contributed by atoms with van der Waals surface area (Å²) in [5.74, 6) is 1.13. The van der Waals surface area contributed by atoms with E-state index in [1.165, 1.54) is 0 Å². The molecule has 98 valence electrons. The number of carbonyl (C=O) groups is 1. The highest BCUT2D eigenvalue weighted by atomic mass is 16.2.